The van der Waals surface area contributed by atoms with Crippen LogP contribution >= 0.6 is 0 Å². The van der Waals surface area contributed by atoms with E-state index in [-0.39, 0.29) is 24.4 Å². The van der Waals surface area contributed by atoms with Crippen molar-refractivity contribution in [3.05, 3.63) is 70.4 Å². The molecule has 6 rings (SSSR count). The van der Waals surface area contributed by atoms with E-state index in [2.05, 4.69) is 75.6 Å². The van der Waals surface area contributed by atoms with Crippen LogP contribution in [0, 0.1) is 0 Å². The third-order valence-electron chi connectivity index (χ3n) is 7.21. The highest BCUT2D eigenvalue weighted by Crippen LogP contribution is 2.20. The van der Waals surface area contributed by atoms with Crippen LogP contribution in [-0.2, 0) is 22.7 Å². The largest absolute Gasteiger partial charge is 0.345 e. The van der Waals surface area contributed by atoms with Gasteiger partial charge in [-0.3, -0.25) is 14.5 Å². The second-order valence-corrected chi connectivity index (χ2v) is 9.26. The van der Waals surface area contributed by atoms with E-state index in [9.17, 15) is 9.59 Å². The van der Waals surface area contributed by atoms with E-state index >= 15 is 0 Å². The first-order valence-electron chi connectivity index (χ1n) is 11.8. The topological polar surface area (TPSA) is 57.6 Å². The van der Waals surface area contributed by atoms with E-state index in [1.807, 2.05) is 0 Å². The van der Waals surface area contributed by atoms with E-state index in [1.54, 1.807) is 4.90 Å². The number of carbonyl (C=O) groups is 2. The SMILES string of the molecule is O=C1NCC(=O)N2CCN(Cc3cn(Cc4cccc5ccccc45)c4c3=CCCC=4)CC12. The Hall–Kier alpha value is -3.38. The monoisotopic (exact) mass is 440 g/mol. The molecule has 0 spiro atoms. The van der Waals surface area contributed by atoms with Gasteiger partial charge in [-0.25, -0.2) is 0 Å². The lowest BCUT2D eigenvalue weighted by molar-refractivity contribution is -0.149. The number of hydrogen-bond donors (Lipinski definition) is 1. The third-order valence-corrected chi connectivity index (χ3v) is 7.21. The van der Waals surface area contributed by atoms with Crippen molar-refractivity contribution in [2.75, 3.05) is 26.2 Å². The number of benzene rings is 2. The second kappa shape index (κ2) is 8.19. The van der Waals surface area contributed by atoms with Crippen LogP contribution in [0.3, 0.4) is 0 Å². The Kier molecular flexibility index (Phi) is 5.03. The fourth-order valence-corrected chi connectivity index (χ4v) is 5.56. The molecule has 168 valence electrons. The van der Waals surface area contributed by atoms with Crippen molar-refractivity contribution in [2.24, 2.45) is 0 Å². The molecule has 2 fully saturated rings. The van der Waals surface area contributed by atoms with Crippen LogP contribution in [0.15, 0.2) is 48.7 Å². The molecule has 1 aliphatic carbocycles. The van der Waals surface area contributed by atoms with Crippen LogP contribution in [0.5, 0.6) is 0 Å². The first kappa shape index (κ1) is 20.2. The van der Waals surface area contributed by atoms with E-state index < -0.39 is 0 Å². The van der Waals surface area contributed by atoms with Crippen molar-refractivity contribution in [1.82, 2.24) is 19.7 Å². The number of hydrogen-bond acceptors (Lipinski definition) is 3. The molecule has 0 saturated carbocycles. The third kappa shape index (κ3) is 3.64. The molecule has 3 aliphatic rings. The van der Waals surface area contributed by atoms with Gasteiger partial charge in [0.25, 0.3) is 0 Å². The highest BCUT2D eigenvalue weighted by atomic mass is 16.2. The zero-order chi connectivity index (χ0) is 22.4. The maximum atomic E-state index is 12.4. The summed E-state index contributed by atoms with van der Waals surface area (Å²) in [7, 11) is 0. The van der Waals surface area contributed by atoms with E-state index in [4.69, 9.17) is 0 Å². The fraction of sp³-hybridized carbons (Fsp3) is 0.333. The van der Waals surface area contributed by atoms with Gasteiger partial charge in [-0.2, -0.15) is 0 Å². The summed E-state index contributed by atoms with van der Waals surface area (Å²) in [6.07, 6.45) is 9.14. The Labute approximate surface area is 192 Å². The Balaban J connectivity index is 1.30. The maximum absolute atomic E-state index is 12.4. The van der Waals surface area contributed by atoms with Crippen LogP contribution in [0.25, 0.3) is 22.9 Å². The number of fused-ring (bicyclic) bond motifs is 3. The minimum atomic E-state index is -0.371. The van der Waals surface area contributed by atoms with Gasteiger partial charge >= 0.3 is 0 Å². The van der Waals surface area contributed by atoms with Gasteiger partial charge in [-0.15, -0.1) is 0 Å². The Morgan fingerprint density at radius 2 is 1.76 bits per heavy atom. The highest BCUT2D eigenvalue weighted by molar-refractivity contribution is 5.95. The smallest absolute Gasteiger partial charge is 0.244 e. The Bertz CT molecular complexity index is 1370. The van der Waals surface area contributed by atoms with Gasteiger partial charge in [0.2, 0.25) is 11.8 Å². The van der Waals surface area contributed by atoms with Crippen LogP contribution < -0.4 is 15.9 Å². The molecule has 6 nitrogen and oxygen atoms in total. The number of amides is 2. The van der Waals surface area contributed by atoms with Crippen molar-refractivity contribution < 1.29 is 9.59 Å². The molecule has 1 aromatic heterocycles. The maximum Gasteiger partial charge on any atom is 0.244 e. The van der Waals surface area contributed by atoms with Crippen LogP contribution in [0.4, 0.5) is 0 Å². The molecule has 2 saturated heterocycles. The average Bonchev–Trinajstić information content (AvgIpc) is 3.19. The number of nitrogens with one attached hydrogen (secondary N) is 1. The average molecular weight is 441 g/mol. The molecule has 3 heterocycles. The van der Waals surface area contributed by atoms with E-state index in [0.717, 1.165) is 32.5 Å². The van der Waals surface area contributed by atoms with Gasteiger partial charge in [-0.1, -0.05) is 54.6 Å². The summed E-state index contributed by atoms with van der Waals surface area (Å²) in [5.74, 6) is -0.00412. The first-order chi connectivity index (χ1) is 16.2. The zero-order valence-electron chi connectivity index (χ0n) is 18.7. The van der Waals surface area contributed by atoms with Crippen LogP contribution in [0.1, 0.15) is 24.0 Å². The van der Waals surface area contributed by atoms with Gasteiger partial charge in [-0.05, 0) is 40.0 Å². The molecule has 2 aliphatic heterocycles. The Morgan fingerprint density at radius 3 is 2.70 bits per heavy atom. The number of piperazine rings is 2. The molecule has 2 aromatic carbocycles. The standard InChI is InChI=1S/C27H28N4O2/c32-26-14-28-27(33)25-18-29(12-13-31(25)26)15-21-17-30(24-11-4-3-10-23(21)24)16-20-8-5-7-19-6-1-2-9-22(19)20/h1-2,5-11,17,25H,3-4,12-16,18H2,(H,28,33). The summed E-state index contributed by atoms with van der Waals surface area (Å²) < 4.78 is 2.38. The molecule has 1 unspecified atom stereocenters. The number of rotatable bonds is 4. The Morgan fingerprint density at radius 1 is 0.909 bits per heavy atom. The van der Waals surface area contributed by atoms with Gasteiger partial charge in [0.05, 0.1) is 6.54 Å². The van der Waals surface area contributed by atoms with Gasteiger partial charge in [0, 0.05) is 44.3 Å². The summed E-state index contributed by atoms with van der Waals surface area (Å²) in [5.41, 5.74) is 2.62. The molecule has 6 heteroatoms. The summed E-state index contributed by atoms with van der Waals surface area (Å²) in [4.78, 5) is 28.6. The molecule has 2 amide bonds. The highest BCUT2D eigenvalue weighted by Gasteiger charge is 2.38. The number of aromatic nitrogens is 1. The molecule has 33 heavy (non-hydrogen) atoms. The number of nitrogens with zero attached hydrogens (tertiary/aromatic N) is 3. The predicted octanol–water partition coefficient (Wildman–Crippen LogP) is 1.19. The van der Waals surface area contributed by atoms with Crippen molar-refractivity contribution in [2.45, 2.75) is 32.0 Å². The second-order valence-electron chi connectivity index (χ2n) is 9.26. The van der Waals surface area contributed by atoms with Crippen molar-refractivity contribution in [3.63, 3.8) is 0 Å². The lowest BCUT2D eigenvalue weighted by Gasteiger charge is -2.42. The van der Waals surface area contributed by atoms with Crippen LogP contribution in [-0.4, -0.2) is 58.4 Å². The summed E-state index contributed by atoms with van der Waals surface area (Å²) >= 11 is 0. The number of carbonyl (C=O) groups excluding carboxylic acids is 2. The summed E-state index contributed by atoms with van der Waals surface area (Å²) in [6.45, 7) is 3.76. The zero-order valence-corrected chi connectivity index (χ0v) is 18.7. The summed E-state index contributed by atoms with van der Waals surface area (Å²) in [5, 5.41) is 7.93. The molecular weight excluding hydrogens is 412 g/mol. The lowest BCUT2D eigenvalue weighted by atomic mass is 10.0. The lowest BCUT2D eigenvalue weighted by Crippen LogP contribution is -2.65. The van der Waals surface area contributed by atoms with Crippen molar-refractivity contribution >= 4 is 34.7 Å². The van der Waals surface area contributed by atoms with E-state index in [1.165, 1.54) is 32.5 Å². The molecule has 1 atom stereocenters. The molecule has 0 bridgehead atoms. The van der Waals surface area contributed by atoms with Crippen molar-refractivity contribution in [3.8, 4) is 0 Å². The van der Waals surface area contributed by atoms with E-state index in [0.29, 0.717) is 13.1 Å². The minimum Gasteiger partial charge on any atom is -0.345 e. The first-order valence-corrected chi connectivity index (χ1v) is 11.8. The molecule has 0 radical (unpaired) electrons. The molecular formula is C27H28N4O2. The van der Waals surface area contributed by atoms with Gasteiger partial charge < -0.3 is 14.8 Å². The minimum absolute atomic E-state index is 0.0285. The fourth-order valence-electron chi connectivity index (χ4n) is 5.56. The van der Waals surface area contributed by atoms with Crippen molar-refractivity contribution in [1.29, 1.82) is 0 Å². The molecule has 3 aromatic rings. The van der Waals surface area contributed by atoms with Gasteiger partial charge in [0.15, 0.2) is 0 Å². The summed E-state index contributed by atoms with van der Waals surface area (Å²) in [6, 6.07) is 14.7. The van der Waals surface area contributed by atoms with Crippen LogP contribution in [0.2, 0.25) is 0 Å². The van der Waals surface area contributed by atoms with Gasteiger partial charge in [0.1, 0.15) is 6.04 Å². The predicted molar refractivity (Wildman–Crippen MR) is 129 cm³/mol. The normalized spacial score (nSPS) is 20.6. The quantitative estimate of drug-likeness (QED) is 0.663. The molecule has 1 N–H and O–H groups in total.